The Bertz CT molecular complexity index is 987. The topological polar surface area (TPSA) is 63.1 Å². The van der Waals surface area contributed by atoms with Crippen molar-refractivity contribution in [2.75, 3.05) is 10.2 Å². The molecule has 0 bridgehead atoms. The van der Waals surface area contributed by atoms with Gasteiger partial charge in [-0.3, -0.25) is 4.90 Å². The number of aromatic nitrogens is 3. The zero-order valence-corrected chi connectivity index (χ0v) is 16.6. The summed E-state index contributed by atoms with van der Waals surface area (Å²) in [5, 5.41) is 12.1. The number of benzene rings is 2. The summed E-state index contributed by atoms with van der Waals surface area (Å²) in [6.45, 7) is 1.08. The Morgan fingerprint density at radius 2 is 1.83 bits per heavy atom. The third-order valence-electron chi connectivity index (χ3n) is 4.96. The zero-order chi connectivity index (χ0) is 20.2. The van der Waals surface area contributed by atoms with E-state index in [1.165, 1.54) is 17.0 Å². The number of nitrogens with zero attached hydrogens (tertiary/aromatic N) is 4. The van der Waals surface area contributed by atoms with Gasteiger partial charge in [-0.15, -0.1) is 10.2 Å². The van der Waals surface area contributed by atoms with Gasteiger partial charge in [-0.1, -0.05) is 18.0 Å². The quantitative estimate of drug-likeness (QED) is 0.652. The van der Waals surface area contributed by atoms with Crippen molar-refractivity contribution in [2.24, 2.45) is 0 Å². The number of rotatable bonds is 4. The van der Waals surface area contributed by atoms with Crippen LogP contribution < -0.4 is 10.2 Å². The smallest absolute Gasteiger partial charge is 0.313 e. The number of hydrogen-bond donors (Lipinski definition) is 1. The molecule has 2 heterocycles. The van der Waals surface area contributed by atoms with Gasteiger partial charge < -0.3 is 9.88 Å². The first kappa shape index (κ1) is 19.4. The van der Waals surface area contributed by atoms with Crippen LogP contribution in [0.5, 0.6) is 0 Å². The number of amides is 2. The average Bonchev–Trinajstić information content (AvgIpc) is 2.94. The Kier molecular flexibility index (Phi) is 5.76. The Labute approximate surface area is 173 Å². The summed E-state index contributed by atoms with van der Waals surface area (Å²) >= 11 is 5.92. The van der Waals surface area contributed by atoms with Crippen molar-refractivity contribution >= 4 is 29.0 Å². The van der Waals surface area contributed by atoms with E-state index in [9.17, 15) is 9.18 Å². The molecule has 0 aliphatic carbocycles. The van der Waals surface area contributed by atoms with Gasteiger partial charge in [0.05, 0.1) is 6.54 Å². The van der Waals surface area contributed by atoms with Crippen LogP contribution in [0.2, 0.25) is 5.02 Å². The van der Waals surface area contributed by atoms with Gasteiger partial charge in [0.1, 0.15) is 11.6 Å². The maximum atomic E-state index is 13.4. The summed E-state index contributed by atoms with van der Waals surface area (Å²) in [6, 6.07) is 12.4. The van der Waals surface area contributed by atoms with Crippen molar-refractivity contribution in [1.29, 1.82) is 0 Å². The van der Waals surface area contributed by atoms with E-state index in [0.29, 0.717) is 16.4 Å². The maximum absolute atomic E-state index is 13.4. The lowest BCUT2D eigenvalue weighted by atomic mass is 10.2. The molecule has 0 spiro atoms. The van der Waals surface area contributed by atoms with E-state index in [4.69, 9.17) is 11.6 Å². The minimum Gasteiger partial charge on any atom is -0.313 e. The third-order valence-corrected chi connectivity index (χ3v) is 5.22. The van der Waals surface area contributed by atoms with Gasteiger partial charge in [0.2, 0.25) is 0 Å². The second-order valence-corrected chi connectivity index (χ2v) is 7.43. The predicted molar refractivity (Wildman–Crippen MR) is 111 cm³/mol. The summed E-state index contributed by atoms with van der Waals surface area (Å²) in [6.07, 6.45) is 4.20. The number of carbonyl (C=O) groups is 1. The molecule has 8 heteroatoms. The van der Waals surface area contributed by atoms with E-state index < -0.39 is 0 Å². The van der Waals surface area contributed by atoms with Gasteiger partial charge >= 0.3 is 6.03 Å². The van der Waals surface area contributed by atoms with E-state index in [0.717, 1.165) is 43.9 Å². The highest BCUT2D eigenvalue weighted by Gasteiger charge is 2.22. The highest BCUT2D eigenvalue weighted by atomic mass is 35.5. The number of nitrogens with one attached hydrogen (secondary N) is 1. The van der Waals surface area contributed by atoms with E-state index in [1.807, 2.05) is 0 Å². The molecule has 2 amide bonds. The minimum atomic E-state index is -0.358. The number of fused-ring (bicyclic) bond motifs is 1. The molecule has 3 aromatic rings. The van der Waals surface area contributed by atoms with Crippen LogP contribution in [0.4, 0.5) is 20.6 Å². The monoisotopic (exact) mass is 413 g/mol. The molecule has 1 aromatic heterocycles. The Morgan fingerprint density at radius 3 is 2.59 bits per heavy atom. The lowest BCUT2D eigenvalue weighted by molar-refractivity contribution is 0.256. The third kappa shape index (κ3) is 4.56. The Balaban J connectivity index is 1.62. The van der Waals surface area contributed by atoms with E-state index in [-0.39, 0.29) is 18.4 Å². The molecular weight excluding hydrogens is 393 g/mol. The predicted octanol–water partition coefficient (Wildman–Crippen LogP) is 5.04. The van der Waals surface area contributed by atoms with Gasteiger partial charge in [0.15, 0.2) is 5.82 Å². The lowest BCUT2D eigenvalue weighted by Gasteiger charge is -2.23. The summed E-state index contributed by atoms with van der Waals surface area (Å²) in [7, 11) is 0. The largest absolute Gasteiger partial charge is 0.326 e. The SMILES string of the molecule is O=C(Nc1ccc(Cl)cc1)N(Cc1nnc2n1CCCCC2)c1ccc(F)cc1. The van der Waals surface area contributed by atoms with Crippen molar-refractivity contribution in [2.45, 2.75) is 38.8 Å². The number of hydrogen-bond acceptors (Lipinski definition) is 3. The molecule has 0 saturated carbocycles. The molecule has 0 radical (unpaired) electrons. The second kappa shape index (κ2) is 8.61. The van der Waals surface area contributed by atoms with Crippen molar-refractivity contribution in [3.63, 3.8) is 0 Å². The van der Waals surface area contributed by atoms with Crippen LogP contribution in [-0.2, 0) is 19.5 Å². The number of halogens is 2. The Hall–Kier alpha value is -2.93. The fraction of sp³-hybridized carbons (Fsp3) is 0.286. The number of aryl methyl sites for hydroxylation is 1. The average molecular weight is 414 g/mol. The fourth-order valence-corrected chi connectivity index (χ4v) is 3.56. The van der Waals surface area contributed by atoms with Crippen LogP contribution in [0, 0.1) is 5.82 Å². The molecule has 0 saturated heterocycles. The van der Waals surface area contributed by atoms with Gasteiger partial charge in [0.25, 0.3) is 0 Å². The van der Waals surface area contributed by atoms with Crippen LogP contribution in [-0.4, -0.2) is 20.8 Å². The van der Waals surface area contributed by atoms with E-state index >= 15 is 0 Å². The molecule has 1 aliphatic rings. The van der Waals surface area contributed by atoms with Crippen molar-refractivity contribution in [1.82, 2.24) is 14.8 Å². The van der Waals surface area contributed by atoms with Crippen LogP contribution in [0.15, 0.2) is 48.5 Å². The molecule has 0 fully saturated rings. The van der Waals surface area contributed by atoms with Crippen molar-refractivity contribution in [3.05, 3.63) is 71.0 Å². The van der Waals surface area contributed by atoms with E-state index in [1.54, 1.807) is 36.4 Å². The molecular formula is C21H21ClFN5O. The van der Waals surface area contributed by atoms with Gasteiger partial charge in [-0.2, -0.15) is 0 Å². The van der Waals surface area contributed by atoms with Crippen LogP contribution in [0.1, 0.15) is 30.9 Å². The number of carbonyl (C=O) groups excluding carboxylic acids is 1. The van der Waals surface area contributed by atoms with Gasteiger partial charge in [-0.05, 0) is 61.4 Å². The molecule has 0 atom stereocenters. The van der Waals surface area contributed by atoms with Gasteiger partial charge in [-0.25, -0.2) is 9.18 Å². The zero-order valence-electron chi connectivity index (χ0n) is 15.8. The van der Waals surface area contributed by atoms with Crippen molar-refractivity contribution in [3.8, 4) is 0 Å². The molecule has 1 aliphatic heterocycles. The molecule has 6 nitrogen and oxygen atoms in total. The first-order valence-electron chi connectivity index (χ1n) is 9.61. The molecule has 150 valence electrons. The molecule has 0 unspecified atom stereocenters. The molecule has 29 heavy (non-hydrogen) atoms. The molecule has 1 N–H and O–H groups in total. The second-order valence-electron chi connectivity index (χ2n) is 6.99. The first-order valence-corrected chi connectivity index (χ1v) is 9.98. The summed E-state index contributed by atoms with van der Waals surface area (Å²) < 4.78 is 15.5. The van der Waals surface area contributed by atoms with Crippen LogP contribution in [0.25, 0.3) is 0 Å². The van der Waals surface area contributed by atoms with Gasteiger partial charge in [0, 0.05) is 29.4 Å². The molecule has 2 aromatic carbocycles. The summed E-state index contributed by atoms with van der Waals surface area (Å²) in [4.78, 5) is 14.6. The highest BCUT2D eigenvalue weighted by molar-refractivity contribution is 6.30. The van der Waals surface area contributed by atoms with E-state index in [2.05, 4.69) is 20.1 Å². The highest BCUT2D eigenvalue weighted by Crippen LogP contribution is 2.22. The summed E-state index contributed by atoms with van der Waals surface area (Å²) in [5.74, 6) is 1.32. The first-order chi connectivity index (χ1) is 14.1. The van der Waals surface area contributed by atoms with Crippen molar-refractivity contribution < 1.29 is 9.18 Å². The Morgan fingerprint density at radius 1 is 1.07 bits per heavy atom. The number of urea groups is 1. The normalized spacial score (nSPS) is 13.4. The minimum absolute atomic E-state index is 0.234. The van der Waals surface area contributed by atoms with Crippen LogP contribution in [0.3, 0.4) is 0 Å². The maximum Gasteiger partial charge on any atom is 0.326 e. The standard InChI is InChI=1S/C21H21ClFN5O/c22-15-5-9-17(10-6-15)24-21(29)28(18-11-7-16(23)8-12-18)14-20-26-25-19-4-2-1-3-13-27(19)20/h5-12H,1-4,13-14H2,(H,24,29). The number of anilines is 2. The summed E-state index contributed by atoms with van der Waals surface area (Å²) in [5.41, 5.74) is 1.19. The molecule has 4 rings (SSSR count). The lowest BCUT2D eigenvalue weighted by Crippen LogP contribution is -2.35. The fourth-order valence-electron chi connectivity index (χ4n) is 3.43. The van der Waals surface area contributed by atoms with Crippen LogP contribution >= 0.6 is 11.6 Å².